The zero-order valence-electron chi connectivity index (χ0n) is 17.2. The quantitative estimate of drug-likeness (QED) is 0.628. The highest BCUT2D eigenvalue weighted by atomic mass is 19.4. The van der Waals surface area contributed by atoms with E-state index < -0.39 is 23.3 Å². The predicted molar refractivity (Wildman–Crippen MR) is 109 cm³/mol. The van der Waals surface area contributed by atoms with Crippen molar-refractivity contribution in [2.45, 2.75) is 32.1 Å². The Kier molecular flexibility index (Phi) is 5.49. The first kappa shape index (κ1) is 21.3. The minimum absolute atomic E-state index is 0.0621. The van der Waals surface area contributed by atoms with E-state index >= 15 is 0 Å². The van der Waals surface area contributed by atoms with Gasteiger partial charge in [0.25, 0.3) is 5.91 Å². The van der Waals surface area contributed by atoms with Gasteiger partial charge >= 0.3 is 6.18 Å². The number of imidazole rings is 1. The van der Waals surface area contributed by atoms with Gasteiger partial charge in [-0.05, 0) is 42.7 Å². The normalized spacial score (nSPS) is 15.6. The van der Waals surface area contributed by atoms with E-state index in [1.165, 1.54) is 28.8 Å². The molecule has 0 aliphatic carbocycles. The molecule has 0 radical (unpaired) electrons. The van der Waals surface area contributed by atoms with Crippen LogP contribution in [-0.4, -0.2) is 40.6 Å². The molecule has 3 aromatic rings. The van der Waals surface area contributed by atoms with Crippen molar-refractivity contribution in [3.63, 3.8) is 0 Å². The van der Waals surface area contributed by atoms with Gasteiger partial charge in [0.2, 0.25) is 0 Å². The first-order chi connectivity index (χ1) is 14.7. The largest absolute Gasteiger partial charge is 0.431 e. The van der Waals surface area contributed by atoms with Crippen molar-refractivity contribution in [2.75, 3.05) is 19.8 Å². The number of hydrogen-bond donors (Lipinski definition) is 2. The standard InChI is InChI=1S/C22H23F3N4O2/c1-14-5-3-6-15(2)16(14)9-26-11-21(12-31-13-21)28-20(30)17-10-29-18(22(23,24)25)7-4-8-19(29)27-17/h3-8,10,26H,9,11-13H2,1-2H3,(H,28,30). The fraction of sp³-hybridized carbons (Fsp3) is 0.364. The average Bonchev–Trinajstić information content (AvgIpc) is 3.11. The Balaban J connectivity index is 1.47. The Morgan fingerprint density at radius 2 is 1.84 bits per heavy atom. The van der Waals surface area contributed by atoms with E-state index in [9.17, 15) is 18.0 Å². The molecule has 2 N–H and O–H groups in total. The molecule has 0 saturated carbocycles. The maximum absolute atomic E-state index is 13.2. The number of benzene rings is 1. The SMILES string of the molecule is Cc1cccc(C)c1CNCC1(NC(=O)c2cn3c(C(F)(F)F)cccc3n2)COC1. The van der Waals surface area contributed by atoms with Gasteiger partial charge in [-0.3, -0.25) is 9.20 Å². The number of nitrogens with zero attached hydrogens (tertiary/aromatic N) is 2. The number of pyridine rings is 1. The number of hydrogen-bond acceptors (Lipinski definition) is 4. The Morgan fingerprint density at radius 1 is 1.16 bits per heavy atom. The molecule has 31 heavy (non-hydrogen) atoms. The Bertz CT molecular complexity index is 1100. The van der Waals surface area contributed by atoms with E-state index in [4.69, 9.17) is 4.74 Å². The number of amides is 1. The molecule has 164 valence electrons. The van der Waals surface area contributed by atoms with Crippen LogP contribution in [0.15, 0.2) is 42.6 Å². The summed E-state index contributed by atoms with van der Waals surface area (Å²) in [5.41, 5.74) is 2.04. The number of fused-ring (bicyclic) bond motifs is 1. The van der Waals surface area contributed by atoms with Crippen molar-refractivity contribution < 1.29 is 22.7 Å². The minimum Gasteiger partial charge on any atom is -0.376 e. The summed E-state index contributed by atoms with van der Waals surface area (Å²) < 4.78 is 45.9. The number of aryl methyl sites for hydroxylation is 2. The van der Waals surface area contributed by atoms with Crippen LogP contribution in [0.25, 0.3) is 5.65 Å². The molecule has 2 aromatic heterocycles. The molecule has 9 heteroatoms. The van der Waals surface area contributed by atoms with Gasteiger partial charge in [0.15, 0.2) is 0 Å². The van der Waals surface area contributed by atoms with Crippen LogP contribution in [0, 0.1) is 13.8 Å². The molecule has 1 aliphatic heterocycles. The van der Waals surface area contributed by atoms with Gasteiger partial charge in [-0.25, -0.2) is 4.98 Å². The summed E-state index contributed by atoms with van der Waals surface area (Å²) in [4.78, 5) is 16.8. The number of carbonyl (C=O) groups is 1. The van der Waals surface area contributed by atoms with Crippen LogP contribution >= 0.6 is 0 Å². The fourth-order valence-electron chi connectivity index (χ4n) is 3.78. The van der Waals surface area contributed by atoms with Crippen LogP contribution in [0.5, 0.6) is 0 Å². The van der Waals surface area contributed by atoms with Gasteiger partial charge in [-0.15, -0.1) is 0 Å². The molecule has 0 unspecified atom stereocenters. The summed E-state index contributed by atoms with van der Waals surface area (Å²) in [6.45, 7) is 5.84. The Labute approximate surface area is 177 Å². The monoisotopic (exact) mass is 432 g/mol. The topological polar surface area (TPSA) is 67.7 Å². The zero-order chi connectivity index (χ0) is 22.2. The third kappa shape index (κ3) is 4.28. The van der Waals surface area contributed by atoms with Crippen molar-refractivity contribution in [3.05, 3.63) is 70.7 Å². The lowest BCUT2D eigenvalue weighted by molar-refractivity contribution is -0.142. The molecule has 0 spiro atoms. The predicted octanol–water partition coefficient (Wildman–Crippen LogP) is 3.26. The smallest absolute Gasteiger partial charge is 0.376 e. The Morgan fingerprint density at radius 3 is 2.45 bits per heavy atom. The zero-order valence-corrected chi connectivity index (χ0v) is 17.2. The van der Waals surface area contributed by atoms with E-state index in [0.29, 0.717) is 26.3 Å². The summed E-state index contributed by atoms with van der Waals surface area (Å²) >= 11 is 0. The highest BCUT2D eigenvalue weighted by Crippen LogP contribution is 2.30. The molecular weight excluding hydrogens is 409 g/mol. The van der Waals surface area contributed by atoms with Crippen molar-refractivity contribution >= 4 is 11.6 Å². The molecule has 4 rings (SSSR count). The van der Waals surface area contributed by atoms with Crippen LogP contribution in [0.2, 0.25) is 0 Å². The van der Waals surface area contributed by atoms with E-state index in [1.807, 2.05) is 32.0 Å². The lowest BCUT2D eigenvalue weighted by atomic mass is 9.96. The van der Waals surface area contributed by atoms with Crippen LogP contribution in [0.3, 0.4) is 0 Å². The molecule has 1 fully saturated rings. The molecule has 6 nitrogen and oxygen atoms in total. The van der Waals surface area contributed by atoms with Crippen molar-refractivity contribution in [3.8, 4) is 0 Å². The maximum Gasteiger partial charge on any atom is 0.431 e. The second-order valence-corrected chi connectivity index (χ2v) is 7.96. The fourth-order valence-corrected chi connectivity index (χ4v) is 3.78. The van der Waals surface area contributed by atoms with Crippen LogP contribution in [0.4, 0.5) is 13.2 Å². The van der Waals surface area contributed by atoms with Gasteiger partial charge in [0.1, 0.15) is 17.0 Å². The first-order valence-corrected chi connectivity index (χ1v) is 9.90. The van der Waals surface area contributed by atoms with Gasteiger partial charge < -0.3 is 15.4 Å². The average molecular weight is 432 g/mol. The molecule has 3 heterocycles. The third-order valence-electron chi connectivity index (χ3n) is 5.56. The van der Waals surface area contributed by atoms with Crippen molar-refractivity contribution in [1.29, 1.82) is 0 Å². The third-order valence-corrected chi connectivity index (χ3v) is 5.56. The van der Waals surface area contributed by atoms with Crippen molar-refractivity contribution in [1.82, 2.24) is 20.0 Å². The number of ether oxygens (including phenoxy) is 1. The first-order valence-electron chi connectivity index (χ1n) is 9.90. The molecular formula is C22H23F3N4O2. The second kappa shape index (κ2) is 7.97. The summed E-state index contributed by atoms with van der Waals surface area (Å²) in [5.74, 6) is -0.533. The number of carbonyl (C=O) groups excluding carboxylic acids is 1. The van der Waals surface area contributed by atoms with Crippen LogP contribution in [0.1, 0.15) is 32.9 Å². The summed E-state index contributed by atoms with van der Waals surface area (Å²) in [5, 5.41) is 6.27. The Hall–Kier alpha value is -2.91. The number of alkyl halides is 3. The molecule has 0 atom stereocenters. The van der Waals surface area contributed by atoms with Gasteiger partial charge in [-0.1, -0.05) is 24.3 Å². The molecule has 0 bridgehead atoms. The minimum atomic E-state index is -4.55. The molecule has 1 saturated heterocycles. The second-order valence-electron chi connectivity index (χ2n) is 7.96. The van der Waals surface area contributed by atoms with Crippen molar-refractivity contribution in [2.24, 2.45) is 0 Å². The van der Waals surface area contributed by atoms with E-state index in [2.05, 4.69) is 15.6 Å². The number of rotatable bonds is 6. The lowest BCUT2D eigenvalue weighted by Crippen LogP contribution is -2.66. The highest BCUT2D eigenvalue weighted by Gasteiger charge is 2.40. The van der Waals surface area contributed by atoms with E-state index in [-0.39, 0.29) is 11.3 Å². The van der Waals surface area contributed by atoms with Crippen LogP contribution < -0.4 is 10.6 Å². The maximum atomic E-state index is 13.2. The lowest BCUT2D eigenvalue weighted by Gasteiger charge is -2.42. The van der Waals surface area contributed by atoms with Gasteiger partial charge in [0, 0.05) is 19.3 Å². The van der Waals surface area contributed by atoms with Gasteiger partial charge in [0.05, 0.1) is 18.8 Å². The number of halogens is 3. The highest BCUT2D eigenvalue weighted by molar-refractivity contribution is 5.93. The van der Waals surface area contributed by atoms with Crippen LogP contribution in [-0.2, 0) is 17.5 Å². The molecule has 1 aromatic carbocycles. The summed E-state index contributed by atoms with van der Waals surface area (Å²) in [7, 11) is 0. The molecule has 1 amide bonds. The summed E-state index contributed by atoms with van der Waals surface area (Å²) in [6.07, 6.45) is -3.43. The van der Waals surface area contributed by atoms with E-state index in [0.717, 1.165) is 16.7 Å². The summed E-state index contributed by atoms with van der Waals surface area (Å²) in [6, 6.07) is 9.76. The number of nitrogens with one attached hydrogen (secondary N) is 2. The van der Waals surface area contributed by atoms with Gasteiger partial charge in [-0.2, -0.15) is 13.2 Å². The number of aromatic nitrogens is 2. The van der Waals surface area contributed by atoms with E-state index in [1.54, 1.807) is 0 Å². The molecule has 1 aliphatic rings.